The lowest BCUT2D eigenvalue weighted by molar-refractivity contribution is 0.165. The van der Waals surface area contributed by atoms with Gasteiger partial charge in [-0.1, -0.05) is 5.16 Å². The van der Waals surface area contributed by atoms with E-state index in [4.69, 9.17) is 16.0 Å². The van der Waals surface area contributed by atoms with Crippen molar-refractivity contribution < 1.29 is 10.3 Å². The summed E-state index contributed by atoms with van der Waals surface area (Å²) in [5.74, 6) is 0.262. The summed E-state index contributed by atoms with van der Waals surface area (Å²) in [5.41, 5.74) is 5.34. The van der Waals surface area contributed by atoms with E-state index in [9.17, 15) is 0 Å². The molecule has 5 heteroatoms. The third kappa shape index (κ3) is 5.77. The molecule has 14 heavy (non-hydrogen) atoms. The van der Waals surface area contributed by atoms with Crippen molar-refractivity contribution in [2.45, 2.75) is 32.7 Å². The molecule has 84 valence electrons. The standard InChI is InChI=1S/C9H21N3O2/c1-8(2)12(6-7-13)5-3-4-9(10)11-14/h8,13-14H,3-7H2,1-2H3,(H2,10,11). The van der Waals surface area contributed by atoms with Crippen molar-refractivity contribution in [3.63, 3.8) is 0 Å². The molecule has 0 bridgehead atoms. The van der Waals surface area contributed by atoms with Gasteiger partial charge in [0.15, 0.2) is 0 Å². The molecule has 4 N–H and O–H groups in total. The fourth-order valence-corrected chi connectivity index (χ4v) is 1.27. The molecule has 0 aliphatic heterocycles. The van der Waals surface area contributed by atoms with Gasteiger partial charge in [-0.15, -0.1) is 0 Å². The minimum atomic E-state index is 0.168. The summed E-state index contributed by atoms with van der Waals surface area (Å²) in [6, 6.07) is 0.412. The zero-order valence-electron chi connectivity index (χ0n) is 8.98. The summed E-state index contributed by atoms with van der Waals surface area (Å²) in [7, 11) is 0. The maximum Gasteiger partial charge on any atom is 0.139 e. The van der Waals surface area contributed by atoms with E-state index in [1.807, 2.05) is 0 Å². The van der Waals surface area contributed by atoms with Crippen LogP contribution in [0.1, 0.15) is 26.7 Å². The Labute approximate surface area is 85.2 Å². The molecule has 0 saturated carbocycles. The predicted molar refractivity (Wildman–Crippen MR) is 56.4 cm³/mol. The minimum absolute atomic E-state index is 0.168. The van der Waals surface area contributed by atoms with Crippen molar-refractivity contribution >= 4 is 5.84 Å². The van der Waals surface area contributed by atoms with Crippen molar-refractivity contribution in [3.8, 4) is 0 Å². The number of amidine groups is 1. The Morgan fingerprint density at radius 2 is 2.07 bits per heavy atom. The molecular weight excluding hydrogens is 182 g/mol. The Bertz CT molecular complexity index is 171. The lowest BCUT2D eigenvalue weighted by Gasteiger charge is -2.25. The summed E-state index contributed by atoms with van der Waals surface area (Å²) in [6.45, 7) is 5.86. The van der Waals surface area contributed by atoms with Crippen LogP contribution in [0.25, 0.3) is 0 Å². The van der Waals surface area contributed by atoms with Crippen LogP contribution in [-0.4, -0.2) is 46.8 Å². The van der Waals surface area contributed by atoms with Crippen LogP contribution in [0.15, 0.2) is 5.16 Å². The molecule has 0 amide bonds. The molecule has 0 fully saturated rings. The van der Waals surface area contributed by atoms with Crippen LogP contribution in [0, 0.1) is 0 Å². The molecule has 0 aromatic heterocycles. The monoisotopic (exact) mass is 203 g/mol. The lowest BCUT2D eigenvalue weighted by Crippen LogP contribution is -2.34. The van der Waals surface area contributed by atoms with Gasteiger partial charge in [-0.05, 0) is 26.8 Å². The highest BCUT2D eigenvalue weighted by atomic mass is 16.4. The van der Waals surface area contributed by atoms with Crippen molar-refractivity contribution in [2.75, 3.05) is 19.7 Å². The second-order valence-electron chi connectivity index (χ2n) is 3.55. The summed E-state index contributed by atoms with van der Waals surface area (Å²) in [4.78, 5) is 2.16. The van der Waals surface area contributed by atoms with Gasteiger partial charge in [-0.3, -0.25) is 4.90 Å². The molecule has 0 aromatic carbocycles. The van der Waals surface area contributed by atoms with E-state index in [2.05, 4.69) is 23.9 Å². The fraction of sp³-hybridized carbons (Fsp3) is 0.889. The average Bonchev–Trinajstić information content (AvgIpc) is 2.16. The van der Waals surface area contributed by atoms with Gasteiger partial charge in [0.1, 0.15) is 5.84 Å². The van der Waals surface area contributed by atoms with Crippen LogP contribution in [-0.2, 0) is 0 Å². The Morgan fingerprint density at radius 1 is 1.43 bits per heavy atom. The Balaban J connectivity index is 3.71. The highest BCUT2D eigenvalue weighted by molar-refractivity contribution is 5.79. The molecule has 0 aliphatic rings. The Hall–Kier alpha value is -0.810. The smallest absolute Gasteiger partial charge is 0.139 e. The third-order valence-corrected chi connectivity index (χ3v) is 2.12. The van der Waals surface area contributed by atoms with E-state index in [1.54, 1.807) is 0 Å². The van der Waals surface area contributed by atoms with Crippen LogP contribution in [0.5, 0.6) is 0 Å². The molecule has 0 heterocycles. The quantitative estimate of drug-likeness (QED) is 0.239. The number of oxime groups is 1. The molecular formula is C9H21N3O2. The minimum Gasteiger partial charge on any atom is -0.409 e. The highest BCUT2D eigenvalue weighted by Crippen LogP contribution is 2.00. The first-order valence-corrected chi connectivity index (χ1v) is 4.93. The number of aliphatic hydroxyl groups excluding tert-OH is 1. The van der Waals surface area contributed by atoms with E-state index in [1.165, 1.54) is 0 Å². The van der Waals surface area contributed by atoms with E-state index < -0.39 is 0 Å². The Morgan fingerprint density at radius 3 is 2.50 bits per heavy atom. The number of hydrogen-bond donors (Lipinski definition) is 3. The molecule has 0 aromatic rings. The number of aliphatic hydroxyl groups is 1. The van der Waals surface area contributed by atoms with E-state index in [0.29, 0.717) is 19.0 Å². The summed E-state index contributed by atoms with van der Waals surface area (Å²) < 4.78 is 0. The van der Waals surface area contributed by atoms with Gasteiger partial charge in [-0.2, -0.15) is 0 Å². The normalized spacial score (nSPS) is 12.8. The topological polar surface area (TPSA) is 82.1 Å². The molecule has 0 spiro atoms. The van der Waals surface area contributed by atoms with Crippen LogP contribution < -0.4 is 5.73 Å². The molecule has 0 unspecified atom stereocenters. The second-order valence-corrected chi connectivity index (χ2v) is 3.55. The molecule has 0 rings (SSSR count). The fourth-order valence-electron chi connectivity index (χ4n) is 1.27. The van der Waals surface area contributed by atoms with Crippen LogP contribution in [0.4, 0.5) is 0 Å². The van der Waals surface area contributed by atoms with Gasteiger partial charge in [0.25, 0.3) is 0 Å². The number of hydrogen-bond acceptors (Lipinski definition) is 4. The second kappa shape index (κ2) is 7.58. The largest absolute Gasteiger partial charge is 0.409 e. The van der Waals surface area contributed by atoms with Gasteiger partial charge in [0.05, 0.1) is 6.61 Å². The third-order valence-electron chi connectivity index (χ3n) is 2.12. The molecule has 0 saturated heterocycles. The van der Waals surface area contributed by atoms with Crippen LogP contribution in [0.2, 0.25) is 0 Å². The first-order chi connectivity index (χ1) is 6.61. The van der Waals surface area contributed by atoms with Crippen LogP contribution >= 0.6 is 0 Å². The first kappa shape index (κ1) is 13.2. The average molecular weight is 203 g/mol. The SMILES string of the molecule is CC(C)N(CCO)CCCC(N)=NO. The van der Waals surface area contributed by atoms with E-state index >= 15 is 0 Å². The van der Waals surface area contributed by atoms with Gasteiger partial charge in [0.2, 0.25) is 0 Å². The van der Waals surface area contributed by atoms with Gasteiger partial charge < -0.3 is 16.0 Å². The zero-order valence-corrected chi connectivity index (χ0v) is 8.98. The molecule has 0 aliphatic carbocycles. The Kier molecular flexibility index (Phi) is 7.14. The summed E-state index contributed by atoms with van der Waals surface area (Å²) in [6.07, 6.45) is 1.43. The number of rotatable bonds is 7. The maximum absolute atomic E-state index is 8.81. The van der Waals surface area contributed by atoms with Crippen molar-refractivity contribution in [3.05, 3.63) is 0 Å². The van der Waals surface area contributed by atoms with Crippen molar-refractivity contribution in [1.29, 1.82) is 0 Å². The summed E-state index contributed by atoms with van der Waals surface area (Å²) >= 11 is 0. The maximum atomic E-state index is 8.81. The van der Waals surface area contributed by atoms with E-state index in [-0.39, 0.29) is 12.4 Å². The molecule has 0 atom stereocenters. The molecule has 5 nitrogen and oxygen atoms in total. The van der Waals surface area contributed by atoms with Crippen molar-refractivity contribution in [1.82, 2.24) is 4.90 Å². The predicted octanol–water partition coefficient (Wildman–Crippen LogP) is 0.216. The first-order valence-electron chi connectivity index (χ1n) is 4.93. The van der Waals surface area contributed by atoms with Gasteiger partial charge in [-0.25, -0.2) is 0 Å². The van der Waals surface area contributed by atoms with Crippen LogP contribution in [0.3, 0.4) is 0 Å². The van der Waals surface area contributed by atoms with Crippen molar-refractivity contribution in [2.24, 2.45) is 10.9 Å². The zero-order chi connectivity index (χ0) is 11.0. The molecule has 0 radical (unpaired) electrons. The highest BCUT2D eigenvalue weighted by Gasteiger charge is 2.07. The van der Waals surface area contributed by atoms with Gasteiger partial charge in [0, 0.05) is 19.0 Å². The van der Waals surface area contributed by atoms with E-state index in [0.717, 1.165) is 13.0 Å². The number of nitrogens with two attached hydrogens (primary N) is 1. The van der Waals surface area contributed by atoms with Gasteiger partial charge >= 0.3 is 0 Å². The summed E-state index contributed by atoms with van der Waals surface area (Å²) in [5, 5.41) is 20.0. The lowest BCUT2D eigenvalue weighted by atomic mass is 10.2. The number of nitrogens with zero attached hydrogens (tertiary/aromatic N) is 2.